The summed E-state index contributed by atoms with van der Waals surface area (Å²) in [6.45, 7) is 5.20. The minimum atomic E-state index is 0.199. The van der Waals surface area contributed by atoms with Crippen LogP contribution < -0.4 is 0 Å². The van der Waals surface area contributed by atoms with Crippen LogP contribution >= 0.6 is 11.3 Å². The molecular weight excluding hydrogens is 286 g/mol. The molecule has 4 nitrogen and oxygen atoms in total. The Morgan fingerprint density at radius 1 is 1.52 bits per heavy atom. The Bertz CT molecular complexity index is 505. The van der Waals surface area contributed by atoms with Crippen LogP contribution in [0.1, 0.15) is 34.5 Å². The highest BCUT2D eigenvalue weighted by Crippen LogP contribution is 2.42. The average molecular weight is 309 g/mol. The standard InChI is InChI=1S/C16H23NO3S/c1-12-3-8-21-14(12)15(18)17-6-4-16(5-7-17)9-13(10-19-2)20-11-16/h3,8,13H,4-7,9-11H2,1-2H3/t13-/m1/s1. The lowest BCUT2D eigenvalue weighted by Crippen LogP contribution is -2.43. The maximum atomic E-state index is 12.5. The highest BCUT2D eigenvalue weighted by Gasteiger charge is 2.43. The molecule has 116 valence electrons. The van der Waals surface area contributed by atoms with Crippen LogP contribution in [-0.2, 0) is 9.47 Å². The molecule has 3 rings (SSSR count). The Kier molecular flexibility index (Phi) is 4.33. The zero-order chi connectivity index (χ0) is 14.9. The van der Waals surface area contributed by atoms with E-state index in [1.165, 1.54) is 0 Å². The number of methoxy groups -OCH3 is 1. The van der Waals surface area contributed by atoms with Crippen LogP contribution in [0.4, 0.5) is 0 Å². The fraction of sp³-hybridized carbons (Fsp3) is 0.688. The van der Waals surface area contributed by atoms with E-state index in [9.17, 15) is 4.79 Å². The number of nitrogens with zero attached hydrogens (tertiary/aromatic N) is 1. The van der Waals surface area contributed by atoms with Crippen molar-refractivity contribution < 1.29 is 14.3 Å². The molecule has 2 saturated heterocycles. The van der Waals surface area contributed by atoms with Gasteiger partial charge in [0, 0.05) is 20.2 Å². The maximum absolute atomic E-state index is 12.5. The number of hydrogen-bond donors (Lipinski definition) is 0. The molecule has 1 aromatic heterocycles. The first-order valence-corrected chi connectivity index (χ1v) is 8.45. The Hall–Kier alpha value is -0.910. The quantitative estimate of drug-likeness (QED) is 0.862. The molecule has 5 heteroatoms. The smallest absolute Gasteiger partial charge is 0.264 e. The molecule has 0 unspecified atom stereocenters. The van der Waals surface area contributed by atoms with Gasteiger partial charge in [-0.3, -0.25) is 4.79 Å². The third-order valence-electron chi connectivity index (χ3n) is 4.81. The number of rotatable bonds is 3. The van der Waals surface area contributed by atoms with Crippen molar-refractivity contribution in [3.8, 4) is 0 Å². The van der Waals surface area contributed by atoms with E-state index in [0.717, 1.165) is 49.4 Å². The van der Waals surface area contributed by atoms with Crippen molar-refractivity contribution in [2.45, 2.75) is 32.3 Å². The number of thiophene rings is 1. The number of aryl methyl sites for hydroxylation is 1. The number of piperidine rings is 1. The summed E-state index contributed by atoms with van der Waals surface area (Å²) in [6.07, 6.45) is 3.39. The molecule has 0 aliphatic carbocycles. The van der Waals surface area contributed by atoms with Gasteiger partial charge >= 0.3 is 0 Å². The average Bonchev–Trinajstić information content (AvgIpc) is 3.07. The second kappa shape index (κ2) is 6.07. The number of amides is 1. The lowest BCUT2D eigenvalue weighted by molar-refractivity contribution is 0.0281. The molecule has 3 heterocycles. The van der Waals surface area contributed by atoms with Gasteiger partial charge in [0.1, 0.15) is 0 Å². The molecule has 0 aromatic carbocycles. The molecule has 0 radical (unpaired) electrons. The Morgan fingerprint density at radius 2 is 2.29 bits per heavy atom. The third-order valence-corrected chi connectivity index (χ3v) is 5.81. The largest absolute Gasteiger partial charge is 0.382 e. The summed E-state index contributed by atoms with van der Waals surface area (Å²) in [6, 6.07) is 2.02. The maximum Gasteiger partial charge on any atom is 0.264 e. The normalized spacial score (nSPS) is 24.7. The van der Waals surface area contributed by atoms with Gasteiger partial charge in [0.2, 0.25) is 0 Å². The number of ether oxygens (including phenoxy) is 2. The second-order valence-corrected chi connectivity index (χ2v) is 7.23. The van der Waals surface area contributed by atoms with E-state index in [-0.39, 0.29) is 17.4 Å². The van der Waals surface area contributed by atoms with Gasteiger partial charge in [0.25, 0.3) is 5.91 Å². The first kappa shape index (κ1) is 15.0. The van der Waals surface area contributed by atoms with Crippen molar-refractivity contribution in [3.05, 3.63) is 21.9 Å². The fourth-order valence-corrected chi connectivity index (χ4v) is 4.35. The summed E-state index contributed by atoms with van der Waals surface area (Å²) >= 11 is 1.55. The van der Waals surface area contributed by atoms with Crippen molar-refractivity contribution in [1.29, 1.82) is 0 Å². The second-order valence-electron chi connectivity index (χ2n) is 6.32. The van der Waals surface area contributed by atoms with Gasteiger partial charge in [-0.15, -0.1) is 11.3 Å². The molecule has 2 fully saturated rings. The Morgan fingerprint density at radius 3 is 2.90 bits per heavy atom. The van der Waals surface area contributed by atoms with Gasteiger partial charge in [-0.25, -0.2) is 0 Å². The van der Waals surface area contributed by atoms with E-state index in [2.05, 4.69) is 0 Å². The molecule has 0 bridgehead atoms. The number of hydrogen-bond acceptors (Lipinski definition) is 4. The van der Waals surface area contributed by atoms with Crippen LogP contribution in [0.2, 0.25) is 0 Å². The highest BCUT2D eigenvalue weighted by atomic mass is 32.1. The molecule has 1 spiro atoms. The molecular formula is C16H23NO3S. The summed E-state index contributed by atoms with van der Waals surface area (Å²) in [5.74, 6) is 0.199. The Balaban J connectivity index is 1.58. The third kappa shape index (κ3) is 3.00. The van der Waals surface area contributed by atoms with E-state index >= 15 is 0 Å². The minimum Gasteiger partial charge on any atom is -0.382 e. The van der Waals surface area contributed by atoms with Crippen molar-refractivity contribution in [2.75, 3.05) is 33.4 Å². The SMILES string of the molecule is COC[C@H]1CC2(CCN(C(=O)c3sccc3C)CC2)CO1. The number of likely N-dealkylation sites (tertiary alicyclic amines) is 1. The predicted molar refractivity (Wildman–Crippen MR) is 82.9 cm³/mol. The summed E-state index contributed by atoms with van der Waals surface area (Å²) in [4.78, 5) is 15.4. The zero-order valence-corrected chi connectivity index (χ0v) is 13.6. The lowest BCUT2D eigenvalue weighted by atomic mass is 9.76. The van der Waals surface area contributed by atoms with Crippen LogP contribution in [-0.4, -0.2) is 50.3 Å². The summed E-state index contributed by atoms with van der Waals surface area (Å²) in [5.41, 5.74) is 1.36. The fourth-order valence-electron chi connectivity index (χ4n) is 3.46. The van der Waals surface area contributed by atoms with Gasteiger partial charge in [0.15, 0.2) is 0 Å². The molecule has 21 heavy (non-hydrogen) atoms. The minimum absolute atomic E-state index is 0.199. The van der Waals surface area contributed by atoms with Gasteiger partial charge in [-0.2, -0.15) is 0 Å². The number of carbonyl (C=O) groups is 1. The zero-order valence-electron chi connectivity index (χ0n) is 12.8. The molecule has 1 amide bonds. The van der Waals surface area contributed by atoms with E-state index < -0.39 is 0 Å². The first-order chi connectivity index (χ1) is 10.1. The first-order valence-electron chi connectivity index (χ1n) is 7.57. The van der Waals surface area contributed by atoms with Crippen LogP contribution in [0.5, 0.6) is 0 Å². The summed E-state index contributed by atoms with van der Waals surface area (Å²) in [7, 11) is 1.72. The van der Waals surface area contributed by atoms with E-state index in [0.29, 0.717) is 6.61 Å². The molecule has 2 aliphatic rings. The van der Waals surface area contributed by atoms with Gasteiger partial charge < -0.3 is 14.4 Å². The van der Waals surface area contributed by atoms with E-state index in [4.69, 9.17) is 9.47 Å². The lowest BCUT2D eigenvalue weighted by Gasteiger charge is -2.38. The van der Waals surface area contributed by atoms with Crippen molar-refractivity contribution in [2.24, 2.45) is 5.41 Å². The van der Waals surface area contributed by atoms with Crippen molar-refractivity contribution in [3.63, 3.8) is 0 Å². The van der Waals surface area contributed by atoms with E-state index in [1.54, 1.807) is 18.4 Å². The topological polar surface area (TPSA) is 38.8 Å². The van der Waals surface area contributed by atoms with Crippen LogP contribution in [0.25, 0.3) is 0 Å². The van der Waals surface area contributed by atoms with Gasteiger partial charge in [-0.1, -0.05) is 0 Å². The van der Waals surface area contributed by atoms with Gasteiger partial charge in [-0.05, 0) is 48.6 Å². The number of carbonyl (C=O) groups excluding carboxylic acids is 1. The summed E-state index contributed by atoms with van der Waals surface area (Å²) in [5, 5.41) is 1.99. The van der Waals surface area contributed by atoms with Crippen LogP contribution in [0.15, 0.2) is 11.4 Å². The monoisotopic (exact) mass is 309 g/mol. The van der Waals surface area contributed by atoms with Gasteiger partial charge in [0.05, 0.1) is 24.2 Å². The van der Waals surface area contributed by atoms with Crippen molar-refractivity contribution >= 4 is 17.2 Å². The summed E-state index contributed by atoms with van der Waals surface area (Å²) < 4.78 is 11.0. The molecule has 1 atom stereocenters. The Labute approximate surface area is 130 Å². The van der Waals surface area contributed by atoms with E-state index in [1.807, 2.05) is 23.3 Å². The highest BCUT2D eigenvalue weighted by molar-refractivity contribution is 7.12. The van der Waals surface area contributed by atoms with Crippen LogP contribution in [0.3, 0.4) is 0 Å². The van der Waals surface area contributed by atoms with Crippen LogP contribution in [0, 0.1) is 12.3 Å². The molecule has 0 N–H and O–H groups in total. The van der Waals surface area contributed by atoms with Crippen molar-refractivity contribution in [1.82, 2.24) is 4.90 Å². The predicted octanol–water partition coefficient (Wildman–Crippen LogP) is 2.71. The molecule has 1 aromatic rings. The molecule has 2 aliphatic heterocycles. The molecule has 0 saturated carbocycles.